The van der Waals surface area contributed by atoms with Crippen molar-refractivity contribution >= 4 is 15.9 Å². The first-order valence-electron chi connectivity index (χ1n) is 4.58. The van der Waals surface area contributed by atoms with Crippen LogP contribution in [0.3, 0.4) is 0 Å². The Labute approximate surface area is 101 Å². The van der Waals surface area contributed by atoms with Crippen LogP contribution >= 0.6 is 15.9 Å². The van der Waals surface area contributed by atoms with Gasteiger partial charge in [-0.25, -0.2) is 0 Å². The molecule has 0 saturated heterocycles. The highest BCUT2D eigenvalue weighted by Crippen LogP contribution is 2.32. The van der Waals surface area contributed by atoms with Crippen molar-refractivity contribution in [1.82, 2.24) is 0 Å². The summed E-state index contributed by atoms with van der Waals surface area (Å²) in [5.74, 6) is 1.73. The van der Waals surface area contributed by atoms with Crippen LogP contribution < -0.4 is 4.74 Å². The first-order chi connectivity index (χ1) is 7.74. The number of rotatable bonds is 2. The molecule has 1 aromatic heterocycles. The number of halogens is 1. The molecule has 0 radical (unpaired) electrons. The molecule has 80 valence electrons. The van der Waals surface area contributed by atoms with Crippen LogP contribution in [0.2, 0.25) is 0 Å². The molecule has 16 heavy (non-hydrogen) atoms. The molecule has 3 nitrogen and oxygen atoms in total. The van der Waals surface area contributed by atoms with E-state index in [1.807, 2.05) is 24.3 Å². The van der Waals surface area contributed by atoms with Gasteiger partial charge in [-0.3, -0.25) is 0 Å². The number of hydrogen-bond acceptors (Lipinski definition) is 3. The Hall–Kier alpha value is -1.73. The summed E-state index contributed by atoms with van der Waals surface area (Å²) in [7, 11) is 1.61. The number of ether oxygens (including phenoxy) is 1. The van der Waals surface area contributed by atoms with Gasteiger partial charge in [0.2, 0.25) is 5.76 Å². The monoisotopic (exact) mass is 277 g/mol. The Balaban J connectivity index is 2.45. The molecule has 0 aliphatic heterocycles. The third kappa shape index (κ3) is 1.95. The average Bonchev–Trinajstić information content (AvgIpc) is 2.77. The zero-order chi connectivity index (χ0) is 11.5. The van der Waals surface area contributed by atoms with Crippen LogP contribution in [0.15, 0.2) is 39.2 Å². The van der Waals surface area contributed by atoms with Crippen LogP contribution in [0.1, 0.15) is 5.76 Å². The van der Waals surface area contributed by atoms with Crippen molar-refractivity contribution in [2.45, 2.75) is 0 Å². The SMILES string of the molecule is COc1ccc(-c2ccc(C#N)o2)c(Br)c1. The van der Waals surface area contributed by atoms with Crippen molar-refractivity contribution in [2.24, 2.45) is 0 Å². The van der Waals surface area contributed by atoms with Crippen LogP contribution in [0.4, 0.5) is 0 Å². The number of furan rings is 1. The smallest absolute Gasteiger partial charge is 0.204 e. The molecule has 2 aromatic rings. The normalized spacial score (nSPS) is 9.81. The standard InChI is InChI=1S/C12H8BrNO2/c1-15-8-2-4-10(11(13)6-8)12-5-3-9(7-14)16-12/h2-6H,1H3. The molecule has 0 atom stereocenters. The van der Waals surface area contributed by atoms with Crippen molar-refractivity contribution in [2.75, 3.05) is 7.11 Å². The lowest BCUT2D eigenvalue weighted by Crippen LogP contribution is -1.83. The fourth-order valence-electron chi connectivity index (χ4n) is 1.37. The topological polar surface area (TPSA) is 46.2 Å². The van der Waals surface area contributed by atoms with E-state index in [2.05, 4.69) is 15.9 Å². The summed E-state index contributed by atoms with van der Waals surface area (Å²) in [6, 6.07) is 10.9. The van der Waals surface area contributed by atoms with E-state index < -0.39 is 0 Å². The van der Waals surface area contributed by atoms with E-state index in [1.54, 1.807) is 19.2 Å². The molecular formula is C12H8BrNO2. The van der Waals surface area contributed by atoms with Crippen molar-refractivity contribution in [3.05, 3.63) is 40.6 Å². The van der Waals surface area contributed by atoms with Crippen LogP contribution in [0.5, 0.6) is 5.75 Å². The van der Waals surface area contributed by atoms with Gasteiger partial charge in [-0.05, 0) is 46.3 Å². The van der Waals surface area contributed by atoms with Crippen molar-refractivity contribution in [3.63, 3.8) is 0 Å². The van der Waals surface area contributed by atoms with Gasteiger partial charge in [-0.15, -0.1) is 0 Å². The Morgan fingerprint density at radius 3 is 2.69 bits per heavy atom. The predicted molar refractivity (Wildman–Crippen MR) is 63.1 cm³/mol. The Morgan fingerprint density at radius 2 is 2.12 bits per heavy atom. The van der Waals surface area contributed by atoms with Gasteiger partial charge in [-0.2, -0.15) is 5.26 Å². The zero-order valence-corrected chi connectivity index (χ0v) is 10.1. The third-order valence-electron chi connectivity index (χ3n) is 2.16. The highest BCUT2D eigenvalue weighted by molar-refractivity contribution is 9.10. The summed E-state index contributed by atoms with van der Waals surface area (Å²) in [6.07, 6.45) is 0. The minimum absolute atomic E-state index is 0.303. The van der Waals surface area contributed by atoms with Gasteiger partial charge in [0.15, 0.2) is 0 Å². The van der Waals surface area contributed by atoms with Gasteiger partial charge in [0.05, 0.1) is 7.11 Å². The number of hydrogen-bond donors (Lipinski definition) is 0. The summed E-state index contributed by atoms with van der Waals surface area (Å²) < 4.78 is 11.3. The molecule has 0 aliphatic carbocycles. The first kappa shape index (κ1) is 10.8. The van der Waals surface area contributed by atoms with E-state index in [4.69, 9.17) is 14.4 Å². The van der Waals surface area contributed by atoms with Gasteiger partial charge in [0, 0.05) is 10.0 Å². The molecule has 0 unspecified atom stereocenters. The molecule has 0 aliphatic rings. The zero-order valence-electron chi connectivity index (χ0n) is 8.53. The van der Waals surface area contributed by atoms with Gasteiger partial charge in [-0.1, -0.05) is 0 Å². The molecule has 0 spiro atoms. The number of methoxy groups -OCH3 is 1. The Kier molecular flexibility index (Phi) is 2.97. The predicted octanol–water partition coefficient (Wildman–Crippen LogP) is 3.59. The fourth-order valence-corrected chi connectivity index (χ4v) is 1.92. The van der Waals surface area contributed by atoms with E-state index >= 15 is 0 Å². The molecule has 1 heterocycles. The van der Waals surface area contributed by atoms with Gasteiger partial charge < -0.3 is 9.15 Å². The maximum atomic E-state index is 8.67. The second kappa shape index (κ2) is 4.42. The lowest BCUT2D eigenvalue weighted by molar-refractivity contribution is 0.414. The van der Waals surface area contributed by atoms with Crippen molar-refractivity contribution < 1.29 is 9.15 Å². The molecule has 4 heteroatoms. The molecule has 0 saturated carbocycles. The van der Waals surface area contributed by atoms with Crippen LogP contribution in [-0.4, -0.2) is 7.11 Å². The fraction of sp³-hybridized carbons (Fsp3) is 0.0833. The minimum atomic E-state index is 0.303. The minimum Gasteiger partial charge on any atom is -0.497 e. The summed E-state index contributed by atoms with van der Waals surface area (Å²) in [6.45, 7) is 0. The van der Waals surface area contributed by atoms with Crippen molar-refractivity contribution in [1.29, 1.82) is 5.26 Å². The lowest BCUT2D eigenvalue weighted by atomic mass is 10.2. The lowest BCUT2D eigenvalue weighted by Gasteiger charge is -2.04. The summed E-state index contributed by atoms with van der Waals surface area (Å²) >= 11 is 3.43. The first-order valence-corrected chi connectivity index (χ1v) is 5.37. The van der Waals surface area contributed by atoms with Crippen molar-refractivity contribution in [3.8, 4) is 23.1 Å². The van der Waals surface area contributed by atoms with E-state index in [9.17, 15) is 0 Å². The number of benzene rings is 1. The summed E-state index contributed by atoms with van der Waals surface area (Å²) in [5, 5.41) is 8.67. The number of nitrogens with zero attached hydrogens (tertiary/aromatic N) is 1. The molecule has 0 bridgehead atoms. The molecule has 0 N–H and O–H groups in total. The quantitative estimate of drug-likeness (QED) is 0.843. The third-order valence-corrected chi connectivity index (χ3v) is 2.81. The maximum absolute atomic E-state index is 8.67. The summed E-state index contributed by atoms with van der Waals surface area (Å²) in [4.78, 5) is 0. The molecule has 2 rings (SSSR count). The highest BCUT2D eigenvalue weighted by atomic mass is 79.9. The molecule has 0 amide bonds. The second-order valence-corrected chi connectivity index (χ2v) is 3.98. The molecular weight excluding hydrogens is 270 g/mol. The van der Waals surface area contributed by atoms with Crippen LogP contribution in [-0.2, 0) is 0 Å². The van der Waals surface area contributed by atoms with Gasteiger partial charge in [0.25, 0.3) is 0 Å². The number of nitriles is 1. The van der Waals surface area contributed by atoms with E-state index in [0.717, 1.165) is 15.8 Å². The van der Waals surface area contributed by atoms with Crippen LogP contribution in [0.25, 0.3) is 11.3 Å². The molecule has 0 fully saturated rings. The summed E-state index contributed by atoms with van der Waals surface area (Å²) in [5.41, 5.74) is 0.891. The van der Waals surface area contributed by atoms with E-state index in [1.165, 1.54) is 0 Å². The largest absolute Gasteiger partial charge is 0.497 e. The Bertz CT molecular complexity index is 554. The molecule has 1 aromatic carbocycles. The van der Waals surface area contributed by atoms with E-state index in [-0.39, 0.29) is 0 Å². The Morgan fingerprint density at radius 1 is 1.31 bits per heavy atom. The van der Waals surface area contributed by atoms with Gasteiger partial charge in [0.1, 0.15) is 17.6 Å². The van der Waals surface area contributed by atoms with Crippen LogP contribution in [0, 0.1) is 11.3 Å². The average molecular weight is 278 g/mol. The second-order valence-electron chi connectivity index (χ2n) is 3.12. The highest BCUT2D eigenvalue weighted by Gasteiger charge is 2.08. The maximum Gasteiger partial charge on any atom is 0.204 e. The van der Waals surface area contributed by atoms with Gasteiger partial charge >= 0.3 is 0 Å². The van der Waals surface area contributed by atoms with E-state index in [0.29, 0.717) is 11.5 Å².